The molecule has 0 radical (unpaired) electrons. The number of nitrogens with one attached hydrogen (secondary N) is 1. The molecule has 0 unspecified atom stereocenters. The zero-order valence-corrected chi connectivity index (χ0v) is 10.8. The Bertz CT molecular complexity index is 561. The Balaban J connectivity index is 2.24. The van der Waals surface area contributed by atoms with Crippen molar-refractivity contribution in [2.45, 2.75) is 13.3 Å². The van der Waals surface area contributed by atoms with Crippen LogP contribution in [0.2, 0.25) is 0 Å². The molecule has 0 atom stereocenters. The molecule has 0 fully saturated rings. The smallest absolute Gasteiger partial charge is 0.265 e. The average molecular weight is 259 g/mol. The summed E-state index contributed by atoms with van der Waals surface area (Å²) in [5.41, 5.74) is 1.13. The molecule has 92 valence electrons. The Hall–Kier alpha value is -1.94. The van der Waals surface area contributed by atoms with E-state index >= 15 is 0 Å². The highest BCUT2D eigenvalue weighted by atomic mass is 32.1. The number of para-hydroxylation sites is 1. The first-order chi connectivity index (χ1) is 8.72. The van der Waals surface area contributed by atoms with Gasteiger partial charge in [0.05, 0.1) is 10.6 Å². The van der Waals surface area contributed by atoms with Gasteiger partial charge >= 0.3 is 0 Å². The van der Waals surface area contributed by atoms with Crippen LogP contribution in [0.4, 0.5) is 5.69 Å². The van der Waals surface area contributed by atoms with Gasteiger partial charge in [-0.05, 0) is 23.6 Å². The van der Waals surface area contributed by atoms with E-state index in [0.29, 0.717) is 22.5 Å². The Morgan fingerprint density at radius 1 is 1.17 bits per heavy atom. The predicted molar refractivity (Wildman–Crippen MR) is 73.3 cm³/mol. The molecule has 1 N–H and O–H groups in total. The second kappa shape index (κ2) is 5.60. The van der Waals surface area contributed by atoms with Crippen molar-refractivity contribution >= 4 is 28.7 Å². The summed E-state index contributed by atoms with van der Waals surface area (Å²) in [6, 6.07) is 10.7. The van der Waals surface area contributed by atoms with Gasteiger partial charge in [-0.3, -0.25) is 9.59 Å². The van der Waals surface area contributed by atoms with Crippen LogP contribution in [0, 0.1) is 0 Å². The summed E-state index contributed by atoms with van der Waals surface area (Å²) in [6.45, 7) is 1.81. The van der Waals surface area contributed by atoms with Gasteiger partial charge in [-0.25, -0.2) is 0 Å². The number of rotatable bonds is 4. The molecule has 0 bridgehead atoms. The second-order valence-electron chi connectivity index (χ2n) is 3.75. The van der Waals surface area contributed by atoms with Gasteiger partial charge in [0.1, 0.15) is 0 Å². The lowest BCUT2D eigenvalue weighted by atomic mass is 10.1. The van der Waals surface area contributed by atoms with E-state index in [0.717, 1.165) is 0 Å². The minimum Gasteiger partial charge on any atom is -0.321 e. The zero-order chi connectivity index (χ0) is 13.0. The summed E-state index contributed by atoms with van der Waals surface area (Å²) in [5.74, 6) is -0.154. The summed E-state index contributed by atoms with van der Waals surface area (Å²) in [4.78, 5) is 24.3. The van der Waals surface area contributed by atoms with Crippen molar-refractivity contribution in [2.24, 2.45) is 0 Å². The number of thiophene rings is 1. The van der Waals surface area contributed by atoms with E-state index in [1.807, 2.05) is 11.4 Å². The lowest BCUT2D eigenvalue weighted by Gasteiger charge is -2.08. The lowest BCUT2D eigenvalue weighted by Crippen LogP contribution is -2.13. The van der Waals surface area contributed by atoms with Crippen molar-refractivity contribution in [1.82, 2.24) is 0 Å². The fraction of sp³-hybridized carbons (Fsp3) is 0.143. The Morgan fingerprint density at radius 3 is 2.61 bits per heavy atom. The third kappa shape index (κ3) is 2.65. The average Bonchev–Trinajstić information content (AvgIpc) is 2.92. The molecule has 3 nitrogen and oxygen atoms in total. The fourth-order valence-electron chi connectivity index (χ4n) is 1.62. The van der Waals surface area contributed by atoms with Gasteiger partial charge in [0.15, 0.2) is 5.78 Å². The molecule has 0 saturated carbocycles. The molecule has 0 spiro atoms. The predicted octanol–water partition coefficient (Wildman–Crippen LogP) is 3.59. The van der Waals surface area contributed by atoms with E-state index in [2.05, 4.69) is 5.32 Å². The number of anilines is 1. The van der Waals surface area contributed by atoms with E-state index in [9.17, 15) is 9.59 Å². The van der Waals surface area contributed by atoms with Crippen LogP contribution in [0.15, 0.2) is 41.8 Å². The molecule has 4 heteroatoms. The summed E-state index contributed by atoms with van der Waals surface area (Å²) < 4.78 is 0. The maximum atomic E-state index is 11.9. The van der Waals surface area contributed by atoms with Crippen LogP contribution >= 0.6 is 11.3 Å². The molecule has 0 aliphatic rings. The largest absolute Gasteiger partial charge is 0.321 e. The van der Waals surface area contributed by atoms with Gasteiger partial charge in [-0.2, -0.15) is 0 Å². The molecule has 1 aromatic carbocycles. The summed E-state index contributed by atoms with van der Waals surface area (Å²) in [6.07, 6.45) is 0.423. The van der Waals surface area contributed by atoms with Crippen molar-refractivity contribution in [3.8, 4) is 0 Å². The molecule has 1 heterocycles. The topological polar surface area (TPSA) is 46.2 Å². The minimum absolute atomic E-state index is 0.0251. The first kappa shape index (κ1) is 12.5. The summed E-state index contributed by atoms with van der Waals surface area (Å²) >= 11 is 1.37. The van der Waals surface area contributed by atoms with Crippen LogP contribution in [-0.2, 0) is 0 Å². The molecular formula is C14H13NO2S. The molecule has 18 heavy (non-hydrogen) atoms. The minimum atomic E-state index is -0.179. The van der Waals surface area contributed by atoms with Crippen molar-refractivity contribution in [3.63, 3.8) is 0 Å². The zero-order valence-electron chi connectivity index (χ0n) is 9.97. The van der Waals surface area contributed by atoms with Gasteiger partial charge in [0, 0.05) is 12.0 Å². The Morgan fingerprint density at radius 2 is 1.94 bits per heavy atom. The third-order valence-electron chi connectivity index (χ3n) is 2.54. The number of Topliss-reactive ketones (excluding diaryl/α,β-unsaturated/α-hetero) is 1. The number of amides is 1. The fourth-order valence-corrected chi connectivity index (χ4v) is 2.24. The molecule has 1 aromatic heterocycles. The van der Waals surface area contributed by atoms with E-state index in [1.165, 1.54) is 11.3 Å². The maximum absolute atomic E-state index is 11.9. The molecular weight excluding hydrogens is 246 g/mol. The van der Waals surface area contributed by atoms with E-state index in [-0.39, 0.29) is 11.7 Å². The van der Waals surface area contributed by atoms with Crippen molar-refractivity contribution in [1.29, 1.82) is 0 Å². The monoisotopic (exact) mass is 259 g/mol. The SMILES string of the molecule is CCC(=O)c1ccccc1NC(=O)c1cccs1. The lowest BCUT2D eigenvalue weighted by molar-refractivity contribution is 0.0989. The van der Waals surface area contributed by atoms with E-state index in [4.69, 9.17) is 0 Å². The first-order valence-corrected chi connectivity index (χ1v) is 6.57. The van der Waals surface area contributed by atoms with Gasteiger partial charge in [-0.1, -0.05) is 25.1 Å². The van der Waals surface area contributed by atoms with E-state index in [1.54, 1.807) is 37.3 Å². The second-order valence-corrected chi connectivity index (χ2v) is 4.70. The van der Waals surface area contributed by atoms with Crippen molar-refractivity contribution in [2.75, 3.05) is 5.32 Å². The number of benzene rings is 1. The Labute approximate surface area is 109 Å². The van der Waals surface area contributed by atoms with Crippen molar-refractivity contribution < 1.29 is 9.59 Å². The number of carbonyl (C=O) groups excluding carboxylic acids is 2. The third-order valence-corrected chi connectivity index (χ3v) is 3.41. The number of carbonyl (C=O) groups is 2. The standard InChI is InChI=1S/C14H13NO2S/c1-2-12(16)10-6-3-4-7-11(10)15-14(17)13-8-5-9-18-13/h3-9H,2H2,1H3,(H,15,17). The van der Waals surface area contributed by atoms with Gasteiger partial charge < -0.3 is 5.32 Å². The number of hydrogen-bond donors (Lipinski definition) is 1. The van der Waals surface area contributed by atoms with Crippen LogP contribution in [0.1, 0.15) is 33.4 Å². The molecule has 1 amide bonds. The highest BCUT2D eigenvalue weighted by Gasteiger charge is 2.12. The Kier molecular flexibility index (Phi) is 3.89. The summed E-state index contributed by atoms with van der Waals surface area (Å²) in [7, 11) is 0. The van der Waals surface area contributed by atoms with Crippen LogP contribution in [0.5, 0.6) is 0 Å². The molecule has 0 aliphatic carbocycles. The normalized spacial score (nSPS) is 10.1. The van der Waals surface area contributed by atoms with E-state index < -0.39 is 0 Å². The van der Waals surface area contributed by atoms with Gasteiger partial charge in [-0.15, -0.1) is 11.3 Å². The molecule has 0 saturated heterocycles. The molecule has 2 rings (SSSR count). The van der Waals surface area contributed by atoms with Gasteiger partial charge in [0.2, 0.25) is 0 Å². The summed E-state index contributed by atoms with van der Waals surface area (Å²) in [5, 5.41) is 4.62. The highest BCUT2D eigenvalue weighted by Crippen LogP contribution is 2.19. The van der Waals surface area contributed by atoms with Crippen LogP contribution in [0.3, 0.4) is 0 Å². The molecule has 0 aliphatic heterocycles. The first-order valence-electron chi connectivity index (χ1n) is 5.69. The quantitative estimate of drug-likeness (QED) is 0.853. The number of hydrogen-bond acceptors (Lipinski definition) is 3. The highest BCUT2D eigenvalue weighted by molar-refractivity contribution is 7.12. The van der Waals surface area contributed by atoms with Crippen molar-refractivity contribution in [3.05, 3.63) is 52.2 Å². The van der Waals surface area contributed by atoms with Gasteiger partial charge in [0.25, 0.3) is 5.91 Å². The molecule has 2 aromatic rings. The van der Waals surface area contributed by atoms with Crippen LogP contribution < -0.4 is 5.32 Å². The number of ketones is 1. The van der Waals surface area contributed by atoms with Crippen LogP contribution in [-0.4, -0.2) is 11.7 Å². The van der Waals surface area contributed by atoms with Crippen LogP contribution in [0.25, 0.3) is 0 Å². The maximum Gasteiger partial charge on any atom is 0.265 e.